The average molecular weight is 288 g/mol. The van der Waals surface area contributed by atoms with Gasteiger partial charge in [0, 0.05) is 29.9 Å². The van der Waals surface area contributed by atoms with Crippen molar-refractivity contribution in [1.82, 2.24) is 4.90 Å². The van der Waals surface area contributed by atoms with Gasteiger partial charge in [-0.3, -0.25) is 4.79 Å². The summed E-state index contributed by atoms with van der Waals surface area (Å²) in [7, 11) is 0. The minimum Gasteiger partial charge on any atom is -0.494 e. The third-order valence-corrected chi connectivity index (χ3v) is 4.74. The normalized spacial score (nSPS) is 24.7. The third kappa shape index (κ3) is 2.85. The van der Waals surface area contributed by atoms with Crippen LogP contribution in [0.3, 0.4) is 0 Å². The van der Waals surface area contributed by atoms with E-state index in [0.717, 1.165) is 19.4 Å². The molecular formula is C17H24N2O2. The SMILES string of the molecule is CCOc1cc(N)cc(C(=O)N2CCCC3CCCC32)c1. The maximum Gasteiger partial charge on any atom is 0.254 e. The lowest BCUT2D eigenvalue weighted by molar-refractivity contribution is 0.0548. The molecule has 1 aromatic rings. The predicted molar refractivity (Wildman–Crippen MR) is 83.4 cm³/mol. The molecule has 0 bridgehead atoms. The van der Waals surface area contributed by atoms with E-state index in [4.69, 9.17) is 10.5 Å². The van der Waals surface area contributed by atoms with Crippen LogP contribution in [-0.2, 0) is 0 Å². The molecule has 1 saturated carbocycles. The number of hydrogen-bond acceptors (Lipinski definition) is 3. The standard InChI is InChI=1S/C17H24N2O2/c1-2-21-15-10-13(9-14(18)11-15)17(20)19-8-4-6-12-5-3-7-16(12)19/h9-12,16H,2-8,18H2,1H3. The van der Waals surface area contributed by atoms with Crippen LogP contribution in [0.15, 0.2) is 18.2 Å². The van der Waals surface area contributed by atoms with Gasteiger partial charge in [0.25, 0.3) is 5.91 Å². The van der Waals surface area contributed by atoms with Gasteiger partial charge in [-0.25, -0.2) is 0 Å². The summed E-state index contributed by atoms with van der Waals surface area (Å²) in [6.45, 7) is 3.38. The zero-order chi connectivity index (χ0) is 14.8. The molecule has 2 unspecified atom stereocenters. The summed E-state index contributed by atoms with van der Waals surface area (Å²) in [6.07, 6.45) is 6.07. The van der Waals surface area contributed by atoms with Crippen molar-refractivity contribution in [2.45, 2.75) is 45.1 Å². The fraction of sp³-hybridized carbons (Fsp3) is 0.588. The number of hydrogen-bond donors (Lipinski definition) is 1. The van der Waals surface area contributed by atoms with Gasteiger partial charge in [-0.1, -0.05) is 6.42 Å². The lowest BCUT2D eigenvalue weighted by atomic mass is 9.91. The lowest BCUT2D eigenvalue weighted by Gasteiger charge is -2.38. The fourth-order valence-electron chi connectivity index (χ4n) is 3.87. The number of nitrogens with two attached hydrogens (primary N) is 1. The number of fused-ring (bicyclic) bond motifs is 1. The minimum atomic E-state index is 0.111. The van der Waals surface area contributed by atoms with Gasteiger partial charge in [0.2, 0.25) is 0 Å². The number of carbonyl (C=O) groups excluding carboxylic acids is 1. The first kappa shape index (κ1) is 14.2. The monoisotopic (exact) mass is 288 g/mol. The average Bonchev–Trinajstić information content (AvgIpc) is 2.94. The summed E-state index contributed by atoms with van der Waals surface area (Å²) in [5, 5.41) is 0. The number of nitrogens with zero attached hydrogens (tertiary/aromatic N) is 1. The smallest absolute Gasteiger partial charge is 0.254 e. The van der Waals surface area contributed by atoms with Gasteiger partial charge >= 0.3 is 0 Å². The topological polar surface area (TPSA) is 55.6 Å². The Kier molecular flexibility index (Phi) is 4.04. The van der Waals surface area contributed by atoms with Gasteiger partial charge in [0.15, 0.2) is 0 Å². The number of nitrogen functional groups attached to an aromatic ring is 1. The summed E-state index contributed by atoms with van der Waals surface area (Å²) in [5.74, 6) is 1.50. The van der Waals surface area contributed by atoms with E-state index < -0.39 is 0 Å². The molecule has 3 rings (SSSR count). The van der Waals surface area contributed by atoms with Crippen LogP contribution in [0.25, 0.3) is 0 Å². The maximum atomic E-state index is 12.9. The van der Waals surface area contributed by atoms with Crippen LogP contribution in [0.4, 0.5) is 5.69 Å². The van der Waals surface area contributed by atoms with Crippen molar-refractivity contribution in [3.63, 3.8) is 0 Å². The van der Waals surface area contributed by atoms with Gasteiger partial charge in [-0.2, -0.15) is 0 Å². The highest BCUT2D eigenvalue weighted by Gasteiger charge is 2.37. The molecule has 2 N–H and O–H groups in total. The summed E-state index contributed by atoms with van der Waals surface area (Å²) in [5.41, 5.74) is 7.16. The molecule has 0 spiro atoms. The molecule has 4 heteroatoms. The molecule has 0 radical (unpaired) electrons. The molecule has 1 amide bonds. The molecule has 1 aliphatic heterocycles. The Hall–Kier alpha value is -1.71. The number of piperidine rings is 1. The second-order valence-electron chi connectivity index (χ2n) is 6.12. The van der Waals surface area contributed by atoms with E-state index in [0.29, 0.717) is 35.6 Å². The van der Waals surface area contributed by atoms with Gasteiger partial charge in [0.1, 0.15) is 5.75 Å². The molecule has 2 fully saturated rings. The second-order valence-corrected chi connectivity index (χ2v) is 6.12. The van der Waals surface area contributed by atoms with Crippen LogP contribution in [0.1, 0.15) is 49.4 Å². The van der Waals surface area contributed by atoms with E-state index >= 15 is 0 Å². The molecule has 2 atom stereocenters. The fourth-order valence-corrected chi connectivity index (χ4v) is 3.87. The predicted octanol–water partition coefficient (Wildman–Crippen LogP) is 3.07. The highest BCUT2D eigenvalue weighted by molar-refractivity contribution is 5.96. The largest absolute Gasteiger partial charge is 0.494 e. The Labute approximate surface area is 126 Å². The van der Waals surface area contributed by atoms with E-state index in [2.05, 4.69) is 4.90 Å². The highest BCUT2D eigenvalue weighted by Crippen LogP contribution is 2.37. The number of carbonyl (C=O) groups is 1. The number of amides is 1. The van der Waals surface area contributed by atoms with Gasteiger partial charge in [-0.05, 0) is 50.7 Å². The molecule has 21 heavy (non-hydrogen) atoms. The van der Waals surface area contributed by atoms with Crippen molar-refractivity contribution >= 4 is 11.6 Å². The number of anilines is 1. The first-order chi connectivity index (χ1) is 10.2. The van der Waals surface area contributed by atoms with Crippen molar-refractivity contribution in [2.24, 2.45) is 5.92 Å². The van der Waals surface area contributed by atoms with E-state index in [-0.39, 0.29) is 5.91 Å². The molecule has 1 aliphatic carbocycles. The number of ether oxygens (including phenoxy) is 1. The van der Waals surface area contributed by atoms with Crippen LogP contribution in [0.2, 0.25) is 0 Å². The lowest BCUT2D eigenvalue weighted by Crippen LogP contribution is -2.46. The first-order valence-electron chi connectivity index (χ1n) is 8.03. The van der Waals surface area contributed by atoms with Crippen molar-refractivity contribution in [3.8, 4) is 5.75 Å². The summed E-state index contributed by atoms with van der Waals surface area (Å²) >= 11 is 0. The van der Waals surface area contributed by atoms with Crippen molar-refractivity contribution in [2.75, 3.05) is 18.9 Å². The summed E-state index contributed by atoms with van der Waals surface area (Å²) < 4.78 is 5.50. The molecule has 1 saturated heterocycles. The molecule has 1 aromatic carbocycles. The molecule has 4 nitrogen and oxygen atoms in total. The molecular weight excluding hydrogens is 264 g/mol. The minimum absolute atomic E-state index is 0.111. The van der Waals surface area contributed by atoms with E-state index in [1.54, 1.807) is 12.1 Å². The van der Waals surface area contributed by atoms with E-state index in [1.165, 1.54) is 19.3 Å². The summed E-state index contributed by atoms with van der Waals surface area (Å²) in [4.78, 5) is 14.9. The number of likely N-dealkylation sites (tertiary alicyclic amines) is 1. The molecule has 0 aromatic heterocycles. The van der Waals surface area contributed by atoms with Crippen LogP contribution >= 0.6 is 0 Å². The van der Waals surface area contributed by atoms with Gasteiger partial charge in [-0.15, -0.1) is 0 Å². The van der Waals surface area contributed by atoms with E-state index in [9.17, 15) is 4.79 Å². The van der Waals surface area contributed by atoms with Crippen LogP contribution in [0, 0.1) is 5.92 Å². The van der Waals surface area contributed by atoms with Crippen LogP contribution in [0.5, 0.6) is 5.75 Å². The molecule has 1 heterocycles. The van der Waals surface area contributed by atoms with Crippen molar-refractivity contribution < 1.29 is 9.53 Å². The van der Waals surface area contributed by atoms with Crippen molar-refractivity contribution in [1.29, 1.82) is 0 Å². The molecule has 2 aliphatic rings. The van der Waals surface area contributed by atoms with E-state index in [1.807, 2.05) is 13.0 Å². The Morgan fingerprint density at radius 3 is 2.90 bits per heavy atom. The Morgan fingerprint density at radius 1 is 1.29 bits per heavy atom. The van der Waals surface area contributed by atoms with Gasteiger partial charge in [0.05, 0.1) is 6.61 Å². The number of rotatable bonds is 3. The zero-order valence-corrected chi connectivity index (χ0v) is 12.7. The number of benzene rings is 1. The van der Waals surface area contributed by atoms with Gasteiger partial charge < -0.3 is 15.4 Å². The highest BCUT2D eigenvalue weighted by atomic mass is 16.5. The summed E-state index contributed by atoms with van der Waals surface area (Å²) in [6, 6.07) is 5.79. The Bertz CT molecular complexity index is 530. The molecule has 114 valence electrons. The zero-order valence-electron chi connectivity index (χ0n) is 12.7. The maximum absolute atomic E-state index is 12.9. The van der Waals surface area contributed by atoms with Crippen LogP contribution < -0.4 is 10.5 Å². The van der Waals surface area contributed by atoms with Crippen LogP contribution in [-0.4, -0.2) is 30.0 Å². The Morgan fingerprint density at radius 2 is 2.10 bits per heavy atom. The second kappa shape index (κ2) is 5.96. The first-order valence-corrected chi connectivity index (χ1v) is 8.03. The Balaban J connectivity index is 1.84. The quantitative estimate of drug-likeness (QED) is 0.870. The van der Waals surface area contributed by atoms with Crippen molar-refractivity contribution in [3.05, 3.63) is 23.8 Å². The third-order valence-electron chi connectivity index (χ3n) is 4.74.